The number of carbonyl (C=O) groups is 1. The van der Waals surface area contributed by atoms with Crippen molar-refractivity contribution in [2.75, 3.05) is 17.7 Å². The average Bonchev–Trinajstić information content (AvgIpc) is 2.55. The zero-order valence-corrected chi connectivity index (χ0v) is 14.5. The maximum absolute atomic E-state index is 12.4. The van der Waals surface area contributed by atoms with E-state index in [1.165, 1.54) is 6.07 Å². The van der Waals surface area contributed by atoms with E-state index < -0.39 is 17.8 Å². The van der Waals surface area contributed by atoms with Crippen LogP contribution in [0.2, 0.25) is 5.02 Å². The molecule has 0 aromatic heterocycles. The molecular weight excluding hydrogens is 375 g/mol. The van der Waals surface area contributed by atoms with Gasteiger partial charge < -0.3 is 10.1 Å². The molecular formula is C17H15ClF3NO2S. The minimum Gasteiger partial charge on any atom is -0.367 e. The van der Waals surface area contributed by atoms with Crippen molar-refractivity contribution in [2.45, 2.75) is 17.7 Å². The summed E-state index contributed by atoms with van der Waals surface area (Å²) < 4.78 is 42.4. The molecule has 2 aromatic carbocycles. The summed E-state index contributed by atoms with van der Waals surface area (Å²) in [7, 11) is 0. The number of amides is 1. The first-order chi connectivity index (χ1) is 11.8. The molecule has 0 atom stereocenters. The average molecular weight is 390 g/mol. The summed E-state index contributed by atoms with van der Waals surface area (Å²) in [5.74, 6) is -1.48. The molecule has 1 N–H and O–H groups in total. The molecule has 1 amide bonds. The highest BCUT2D eigenvalue weighted by Crippen LogP contribution is 2.32. The van der Waals surface area contributed by atoms with Gasteiger partial charge in [-0.1, -0.05) is 41.9 Å². The predicted molar refractivity (Wildman–Crippen MR) is 93.0 cm³/mol. The van der Waals surface area contributed by atoms with E-state index in [9.17, 15) is 18.0 Å². The Bertz CT molecular complexity index is 725. The van der Waals surface area contributed by atoms with Crippen molar-refractivity contribution in [1.29, 1.82) is 0 Å². The fraction of sp³-hybridized carbons (Fsp3) is 0.235. The lowest BCUT2D eigenvalue weighted by atomic mass is 10.2. The Morgan fingerprint density at radius 1 is 1.12 bits per heavy atom. The lowest BCUT2D eigenvalue weighted by Gasteiger charge is -2.12. The molecule has 3 nitrogen and oxygen atoms in total. The van der Waals surface area contributed by atoms with Crippen molar-refractivity contribution in [3.8, 4) is 0 Å². The minimum atomic E-state index is -4.28. The van der Waals surface area contributed by atoms with E-state index in [1.54, 1.807) is 42.5 Å². The van der Waals surface area contributed by atoms with Gasteiger partial charge in [0.1, 0.15) is 6.61 Å². The fourth-order valence-corrected chi connectivity index (χ4v) is 2.87. The molecule has 0 unspecified atom stereocenters. The first-order valence-corrected chi connectivity index (χ1v) is 8.61. The summed E-state index contributed by atoms with van der Waals surface area (Å²) in [4.78, 5) is 12.3. The van der Waals surface area contributed by atoms with Gasteiger partial charge in [0.05, 0.1) is 18.0 Å². The second-order valence-electron chi connectivity index (χ2n) is 5.03. The van der Waals surface area contributed by atoms with Gasteiger partial charge >= 0.3 is 6.18 Å². The number of para-hydroxylation sites is 1. The third-order valence-electron chi connectivity index (χ3n) is 3.00. The van der Waals surface area contributed by atoms with Crippen LogP contribution in [0, 0.1) is 0 Å². The largest absolute Gasteiger partial charge is 0.398 e. The molecule has 0 aliphatic heterocycles. The maximum Gasteiger partial charge on any atom is 0.398 e. The highest BCUT2D eigenvalue weighted by Gasteiger charge is 2.27. The Labute approximate surface area is 152 Å². The van der Waals surface area contributed by atoms with E-state index in [0.29, 0.717) is 27.4 Å². The Kier molecular flexibility index (Phi) is 7.16. The highest BCUT2D eigenvalue weighted by atomic mass is 35.5. The van der Waals surface area contributed by atoms with Crippen molar-refractivity contribution in [3.05, 3.63) is 59.1 Å². The van der Waals surface area contributed by atoms with Crippen LogP contribution in [0.3, 0.4) is 0 Å². The number of nitrogens with one attached hydrogen (secondary N) is 1. The van der Waals surface area contributed by atoms with Gasteiger partial charge in [-0.15, -0.1) is 11.8 Å². The van der Waals surface area contributed by atoms with Gasteiger partial charge in [0.25, 0.3) is 0 Å². The molecule has 0 aliphatic carbocycles. The number of anilines is 1. The molecule has 134 valence electrons. The monoisotopic (exact) mass is 389 g/mol. The van der Waals surface area contributed by atoms with Crippen LogP contribution >= 0.6 is 23.4 Å². The second-order valence-corrected chi connectivity index (χ2v) is 6.46. The van der Waals surface area contributed by atoms with Gasteiger partial charge in [-0.05, 0) is 23.8 Å². The zero-order chi connectivity index (χ0) is 18.3. The molecule has 0 radical (unpaired) electrons. The third kappa shape index (κ3) is 6.97. The van der Waals surface area contributed by atoms with Crippen LogP contribution in [-0.2, 0) is 16.1 Å². The quantitative estimate of drug-likeness (QED) is 0.665. The third-order valence-corrected chi connectivity index (χ3v) is 4.51. The Balaban J connectivity index is 1.87. The summed E-state index contributed by atoms with van der Waals surface area (Å²) in [6.07, 6.45) is -4.28. The number of benzene rings is 2. The van der Waals surface area contributed by atoms with Crippen molar-refractivity contribution in [2.24, 2.45) is 0 Å². The van der Waals surface area contributed by atoms with Gasteiger partial charge in [-0.3, -0.25) is 4.79 Å². The molecule has 0 spiro atoms. The number of carbonyl (C=O) groups excluding carboxylic acids is 1. The van der Waals surface area contributed by atoms with Crippen LogP contribution in [0.25, 0.3) is 0 Å². The summed E-state index contributed by atoms with van der Waals surface area (Å²) >= 11 is 6.61. The zero-order valence-electron chi connectivity index (χ0n) is 13.0. The van der Waals surface area contributed by atoms with Crippen LogP contribution in [0.4, 0.5) is 18.9 Å². The number of rotatable bonds is 7. The molecule has 0 heterocycles. The number of alkyl halides is 3. The Morgan fingerprint density at radius 2 is 1.80 bits per heavy atom. The summed E-state index contributed by atoms with van der Waals surface area (Å²) in [5, 5.41) is 3.10. The van der Waals surface area contributed by atoms with Crippen LogP contribution in [0.5, 0.6) is 0 Å². The predicted octanol–water partition coefficient (Wildman–Crippen LogP) is 5.15. The first-order valence-electron chi connectivity index (χ1n) is 7.25. The lowest BCUT2D eigenvalue weighted by molar-refractivity contribution is -0.121. The van der Waals surface area contributed by atoms with Gasteiger partial charge in [0, 0.05) is 9.92 Å². The number of hydrogen-bond acceptors (Lipinski definition) is 3. The van der Waals surface area contributed by atoms with E-state index >= 15 is 0 Å². The van der Waals surface area contributed by atoms with Crippen LogP contribution in [0.1, 0.15) is 5.56 Å². The van der Waals surface area contributed by atoms with E-state index in [1.807, 2.05) is 0 Å². The summed E-state index contributed by atoms with van der Waals surface area (Å²) in [5.41, 5.74) is 1.07. The molecule has 0 saturated carbocycles. The fourth-order valence-electron chi connectivity index (χ4n) is 1.91. The number of ether oxygens (including phenoxy) is 1. The topological polar surface area (TPSA) is 38.3 Å². The minimum absolute atomic E-state index is 0.164. The van der Waals surface area contributed by atoms with E-state index in [-0.39, 0.29) is 13.2 Å². The molecule has 0 saturated heterocycles. The summed E-state index contributed by atoms with van der Waals surface area (Å²) in [6, 6.07) is 13.4. The van der Waals surface area contributed by atoms with Crippen molar-refractivity contribution in [3.63, 3.8) is 0 Å². The molecule has 8 heteroatoms. The van der Waals surface area contributed by atoms with Gasteiger partial charge in [0.2, 0.25) is 5.91 Å². The summed E-state index contributed by atoms with van der Waals surface area (Å²) in [6.45, 7) is -0.0684. The van der Waals surface area contributed by atoms with Crippen molar-refractivity contribution < 1.29 is 22.7 Å². The van der Waals surface area contributed by atoms with E-state index in [2.05, 4.69) is 5.32 Å². The first kappa shape index (κ1) is 19.6. The Morgan fingerprint density at radius 3 is 2.52 bits per heavy atom. The van der Waals surface area contributed by atoms with Crippen LogP contribution < -0.4 is 5.32 Å². The Hall–Kier alpha value is -1.70. The van der Waals surface area contributed by atoms with Gasteiger partial charge in [-0.25, -0.2) is 0 Å². The van der Waals surface area contributed by atoms with E-state index in [4.69, 9.17) is 16.3 Å². The van der Waals surface area contributed by atoms with Gasteiger partial charge in [-0.2, -0.15) is 13.2 Å². The lowest BCUT2D eigenvalue weighted by Crippen LogP contribution is -2.19. The SMILES string of the molecule is O=C(COCc1ccccc1Cl)Nc1ccccc1SCC(F)(F)F. The molecule has 0 aliphatic rings. The molecule has 2 aromatic rings. The molecule has 0 bridgehead atoms. The maximum atomic E-state index is 12.4. The van der Waals surface area contributed by atoms with Crippen LogP contribution in [-0.4, -0.2) is 24.4 Å². The normalized spacial score (nSPS) is 11.4. The van der Waals surface area contributed by atoms with Crippen molar-refractivity contribution in [1.82, 2.24) is 0 Å². The molecule has 2 rings (SSSR count). The standard InChI is InChI=1S/C17H15ClF3NO2S/c18-13-6-2-1-5-12(13)9-24-10-16(23)22-14-7-3-4-8-15(14)25-11-17(19,20)21/h1-8H,9-11H2,(H,22,23). The number of halogens is 4. The van der Waals surface area contributed by atoms with Crippen molar-refractivity contribution >= 4 is 35.0 Å². The second kappa shape index (κ2) is 9.12. The number of hydrogen-bond donors (Lipinski definition) is 1. The van der Waals surface area contributed by atoms with Crippen LogP contribution in [0.15, 0.2) is 53.4 Å². The van der Waals surface area contributed by atoms with Gasteiger partial charge in [0.15, 0.2) is 0 Å². The number of thioether (sulfide) groups is 1. The molecule has 0 fully saturated rings. The highest BCUT2D eigenvalue weighted by molar-refractivity contribution is 7.99. The van der Waals surface area contributed by atoms with E-state index in [0.717, 1.165) is 5.56 Å². The molecule has 25 heavy (non-hydrogen) atoms. The smallest absolute Gasteiger partial charge is 0.367 e.